The summed E-state index contributed by atoms with van der Waals surface area (Å²) in [4.78, 5) is 18.5. The van der Waals surface area contributed by atoms with Crippen molar-refractivity contribution in [2.45, 2.75) is 43.7 Å². The smallest absolute Gasteiger partial charge is 0.289 e. The van der Waals surface area contributed by atoms with E-state index in [4.69, 9.17) is 4.42 Å². The van der Waals surface area contributed by atoms with E-state index in [0.29, 0.717) is 18.8 Å². The second-order valence-corrected chi connectivity index (χ2v) is 9.09. The highest BCUT2D eigenvalue weighted by molar-refractivity contribution is 7.99. The maximum absolute atomic E-state index is 13.0. The van der Waals surface area contributed by atoms with Gasteiger partial charge in [-0.1, -0.05) is 42.1 Å². The van der Waals surface area contributed by atoms with E-state index in [9.17, 15) is 4.79 Å². The number of hydrogen-bond donors (Lipinski definition) is 0. The molecule has 0 aliphatic carbocycles. The molecule has 2 aromatic carbocycles. The zero-order valence-electron chi connectivity index (χ0n) is 18.0. The number of nitrogens with zero attached hydrogens (tertiary/aromatic N) is 2. The van der Waals surface area contributed by atoms with Crippen LogP contribution in [0, 0.1) is 20.8 Å². The molecule has 1 fully saturated rings. The largest absolute Gasteiger partial charge is 0.444 e. The lowest BCUT2D eigenvalue weighted by molar-refractivity contribution is 0.0689. The predicted octanol–water partition coefficient (Wildman–Crippen LogP) is 5.71. The van der Waals surface area contributed by atoms with E-state index >= 15 is 0 Å². The van der Waals surface area contributed by atoms with Crippen molar-refractivity contribution in [2.75, 3.05) is 24.5 Å². The summed E-state index contributed by atoms with van der Waals surface area (Å²) < 4.78 is 5.93. The van der Waals surface area contributed by atoms with Gasteiger partial charge in [0.05, 0.1) is 0 Å². The van der Waals surface area contributed by atoms with E-state index in [1.165, 1.54) is 27.3 Å². The Morgan fingerprint density at radius 2 is 1.73 bits per heavy atom. The van der Waals surface area contributed by atoms with Crippen molar-refractivity contribution >= 4 is 23.4 Å². The standard InChI is InChI=1S/C25H28N2O2S/c1-17-7-5-10-21(15-17)27-14-13-26(16-20(27)4)25(28)22-11-12-23(29-22)30-24-18(2)8-6-9-19(24)3/h5-12,15,20H,13-14,16H2,1-4H3. The normalized spacial score (nSPS) is 16.7. The molecule has 0 bridgehead atoms. The van der Waals surface area contributed by atoms with E-state index in [0.717, 1.165) is 11.6 Å². The molecule has 1 aromatic heterocycles. The first-order valence-electron chi connectivity index (χ1n) is 10.4. The van der Waals surface area contributed by atoms with Crippen molar-refractivity contribution < 1.29 is 9.21 Å². The number of hydrogen-bond acceptors (Lipinski definition) is 4. The Bertz CT molecular complexity index is 1040. The Morgan fingerprint density at radius 1 is 1.00 bits per heavy atom. The molecule has 5 heteroatoms. The first kappa shape index (κ1) is 20.6. The van der Waals surface area contributed by atoms with Crippen LogP contribution in [0.5, 0.6) is 0 Å². The molecule has 2 heterocycles. The third kappa shape index (κ3) is 4.26. The van der Waals surface area contributed by atoms with Crippen LogP contribution in [-0.2, 0) is 0 Å². The minimum absolute atomic E-state index is 0.0286. The minimum Gasteiger partial charge on any atom is -0.444 e. The summed E-state index contributed by atoms with van der Waals surface area (Å²) in [6.45, 7) is 10.7. The third-order valence-corrected chi connectivity index (χ3v) is 6.92. The number of furan rings is 1. The molecule has 0 spiro atoms. The van der Waals surface area contributed by atoms with Gasteiger partial charge in [0.1, 0.15) is 0 Å². The summed E-state index contributed by atoms with van der Waals surface area (Å²) >= 11 is 1.58. The van der Waals surface area contributed by atoms with E-state index in [-0.39, 0.29) is 11.9 Å². The van der Waals surface area contributed by atoms with Gasteiger partial charge in [0.25, 0.3) is 5.91 Å². The van der Waals surface area contributed by atoms with Gasteiger partial charge in [-0.05, 0) is 68.7 Å². The van der Waals surface area contributed by atoms with Gasteiger partial charge in [0.2, 0.25) is 0 Å². The van der Waals surface area contributed by atoms with Gasteiger partial charge < -0.3 is 14.2 Å². The molecule has 30 heavy (non-hydrogen) atoms. The Morgan fingerprint density at radius 3 is 2.43 bits per heavy atom. The molecule has 1 aliphatic heterocycles. The van der Waals surface area contributed by atoms with Crippen LogP contribution in [0.1, 0.15) is 34.2 Å². The van der Waals surface area contributed by atoms with E-state index < -0.39 is 0 Å². The molecule has 1 saturated heterocycles. The summed E-state index contributed by atoms with van der Waals surface area (Å²) in [5.74, 6) is 0.388. The lowest BCUT2D eigenvalue weighted by Gasteiger charge is -2.41. The number of aryl methyl sites for hydroxylation is 3. The quantitative estimate of drug-likeness (QED) is 0.542. The van der Waals surface area contributed by atoms with Crippen LogP contribution < -0.4 is 4.90 Å². The molecule has 1 aliphatic rings. The van der Waals surface area contributed by atoms with Crippen LogP contribution in [0.4, 0.5) is 5.69 Å². The van der Waals surface area contributed by atoms with Gasteiger partial charge in [0, 0.05) is 36.3 Å². The Kier molecular flexibility index (Phi) is 5.91. The monoisotopic (exact) mass is 420 g/mol. The minimum atomic E-state index is -0.0286. The first-order valence-corrected chi connectivity index (χ1v) is 11.2. The summed E-state index contributed by atoms with van der Waals surface area (Å²) in [5.41, 5.74) is 4.90. The third-order valence-electron chi connectivity index (χ3n) is 5.65. The van der Waals surface area contributed by atoms with Crippen molar-refractivity contribution in [3.63, 3.8) is 0 Å². The molecule has 1 atom stereocenters. The highest BCUT2D eigenvalue weighted by Crippen LogP contribution is 2.34. The molecule has 1 unspecified atom stereocenters. The number of piperazine rings is 1. The summed E-state index contributed by atoms with van der Waals surface area (Å²) in [7, 11) is 0. The second kappa shape index (κ2) is 8.60. The SMILES string of the molecule is Cc1cccc(N2CCN(C(=O)c3ccc(Sc4c(C)cccc4C)o3)CC2C)c1. The maximum atomic E-state index is 13.0. The number of benzene rings is 2. The van der Waals surface area contributed by atoms with Crippen LogP contribution in [0.3, 0.4) is 0 Å². The first-order chi connectivity index (χ1) is 14.4. The van der Waals surface area contributed by atoms with Gasteiger partial charge in [0.15, 0.2) is 10.9 Å². The molecule has 1 amide bonds. The average Bonchev–Trinajstić information content (AvgIpc) is 3.19. The fraction of sp³-hybridized carbons (Fsp3) is 0.320. The zero-order chi connectivity index (χ0) is 21.3. The Labute approximate surface area is 182 Å². The Balaban J connectivity index is 1.43. The number of amides is 1. The average molecular weight is 421 g/mol. The van der Waals surface area contributed by atoms with Crippen LogP contribution in [-0.4, -0.2) is 36.5 Å². The van der Waals surface area contributed by atoms with Gasteiger partial charge in [-0.3, -0.25) is 4.79 Å². The highest BCUT2D eigenvalue weighted by Gasteiger charge is 2.29. The van der Waals surface area contributed by atoms with Gasteiger partial charge >= 0.3 is 0 Å². The number of rotatable bonds is 4. The second-order valence-electron chi connectivity index (χ2n) is 8.07. The van der Waals surface area contributed by atoms with Crippen LogP contribution in [0.25, 0.3) is 0 Å². The summed E-state index contributed by atoms with van der Waals surface area (Å²) in [5, 5.41) is 0.752. The fourth-order valence-corrected chi connectivity index (χ4v) is 4.97. The van der Waals surface area contributed by atoms with Crippen LogP contribution >= 0.6 is 11.8 Å². The fourth-order valence-electron chi connectivity index (χ4n) is 4.04. The topological polar surface area (TPSA) is 36.7 Å². The molecule has 3 aromatic rings. The van der Waals surface area contributed by atoms with E-state index in [1.807, 2.05) is 11.0 Å². The lowest BCUT2D eigenvalue weighted by Crippen LogP contribution is -2.53. The molecule has 4 nitrogen and oxygen atoms in total. The van der Waals surface area contributed by atoms with Crippen LogP contribution in [0.15, 0.2) is 69.0 Å². The lowest BCUT2D eigenvalue weighted by atomic mass is 10.1. The summed E-state index contributed by atoms with van der Waals surface area (Å²) in [6.07, 6.45) is 0. The summed E-state index contributed by atoms with van der Waals surface area (Å²) in [6, 6.07) is 18.8. The maximum Gasteiger partial charge on any atom is 0.289 e. The van der Waals surface area contributed by atoms with Crippen molar-refractivity contribution in [3.05, 3.63) is 77.0 Å². The number of carbonyl (C=O) groups is 1. The van der Waals surface area contributed by atoms with Gasteiger partial charge in [-0.2, -0.15) is 0 Å². The van der Waals surface area contributed by atoms with Crippen molar-refractivity contribution in [1.29, 1.82) is 0 Å². The zero-order valence-corrected chi connectivity index (χ0v) is 18.8. The predicted molar refractivity (Wildman–Crippen MR) is 123 cm³/mol. The number of anilines is 1. The van der Waals surface area contributed by atoms with Crippen molar-refractivity contribution in [1.82, 2.24) is 4.90 Å². The van der Waals surface area contributed by atoms with E-state index in [1.54, 1.807) is 17.8 Å². The number of carbonyl (C=O) groups excluding carboxylic acids is 1. The van der Waals surface area contributed by atoms with Crippen molar-refractivity contribution in [3.8, 4) is 0 Å². The highest BCUT2D eigenvalue weighted by atomic mass is 32.2. The molecule has 156 valence electrons. The van der Waals surface area contributed by atoms with Crippen LogP contribution in [0.2, 0.25) is 0 Å². The molecule has 0 saturated carbocycles. The van der Waals surface area contributed by atoms with Gasteiger partial charge in [-0.15, -0.1) is 0 Å². The molecule has 0 N–H and O–H groups in total. The van der Waals surface area contributed by atoms with Crippen molar-refractivity contribution in [2.24, 2.45) is 0 Å². The molecular weight excluding hydrogens is 392 g/mol. The molecule has 4 rings (SSSR count). The molecular formula is C25H28N2O2S. The Hall–Kier alpha value is -2.66. The van der Waals surface area contributed by atoms with Gasteiger partial charge in [-0.25, -0.2) is 0 Å². The molecule has 0 radical (unpaired) electrons. The van der Waals surface area contributed by atoms with E-state index in [2.05, 4.69) is 75.1 Å².